The number of allylic oxidation sites excluding steroid dienone is 1. The second-order valence-corrected chi connectivity index (χ2v) is 6.01. The molecule has 0 aliphatic rings. The fraction of sp³-hybridized carbons (Fsp3) is 0.556. The van der Waals surface area contributed by atoms with Crippen LogP contribution in [0.5, 0.6) is 0 Å². The van der Waals surface area contributed by atoms with Gasteiger partial charge in [0, 0.05) is 6.54 Å². The van der Waals surface area contributed by atoms with Crippen molar-refractivity contribution in [1.29, 1.82) is 0 Å². The number of rotatable bonds is 9. The molecule has 1 rings (SSSR count). The van der Waals surface area contributed by atoms with Crippen molar-refractivity contribution < 1.29 is 0 Å². The van der Waals surface area contributed by atoms with E-state index in [0.29, 0.717) is 11.8 Å². The van der Waals surface area contributed by atoms with Gasteiger partial charge in [0.2, 0.25) is 0 Å². The zero-order chi connectivity index (χ0) is 14.1. The minimum Gasteiger partial charge on any atom is -0.316 e. The van der Waals surface area contributed by atoms with Crippen molar-refractivity contribution in [2.45, 2.75) is 46.0 Å². The summed E-state index contributed by atoms with van der Waals surface area (Å²) in [4.78, 5) is 0. The Bertz CT molecular complexity index is 353. The van der Waals surface area contributed by atoms with Crippen molar-refractivity contribution in [3.63, 3.8) is 0 Å². The van der Waals surface area contributed by atoms with Gasteiger partial charge in [0.15, 0.2) is 0 Å². The van der Waals surface area contributed by atoms with E-state index in [-0.39, 0.29) is 0 Å². The minimum atomic E-state index is 0.624. The largest absolute Gasteiger partial charge is 0.316 e. The first-order valence-electron chi connectivity index (χ1n) is 7.49. The van der Waals surface area contributed by atoms with Gasteiger partial charge in [-0.15, -0.1) is 6.58 Å². The van der Waals surface area contributed by atoms with Gasteiger partial charge in [-0.2, -0.15) is 0 Å². The molecule has 106 valence electrons. The lowest BCUT2D eigenvalue weighted by molar-refractivity contribution is 0.492. The second kappa shape index (κ2) is 8.92. The van der Waals surface area contributed by atoms with Gasteiger partial charge in [-0.3, -0.25) is 0 Å². The van der Waals surface area contributed by atoms with Gasteiger partial charge >= 0.3 is 0 Å². The summed E-state index contributed by atoms with van der Waals surface area (Å²) in [6.07, 6.45) is 3.62. The lowest BCUT2D eigenvalue weighted by Crippen LogP contribution is -2.25. The predicted octanol–water partition coefficient (Wildman–Crippen LogP) is 4.76. The average molecular weight is 259 g/mol. The van der Waals surface area contributed by atoms with Crippen LogP contribution in [-0.2, 0) is 0 Å². The summed E-state index contributed by atoms with van der Waals surface area (Å²) in [6, 6.07) is 10.9. The molecule has 0 saturated carbocycles. The highest BCUT2D eigenvalue weighted by atomic mass is 14.9. The molecular formula is C18H29N. The molecule has 1 heteroatoms. The number of nitrogens with one attached hydrogen (secondary N) is 1. The highest BCUT2D eigenvalue weighted by Crippen LogP contribution is 2.22. The second-order valence-electron chi connectivity index (χ2n) is 6.01. The molecule has 0 saturated heterocycles. The zero-order valence-electron chi connectivity index (χ0n) is 12.8. The predicted molar refractivity (Wildman–Crippen MR) is 85.6 cm³/mol. The van der Waals surface area contributed by atoms with E-state index < -0.39 is 0 Å². The third-order valence-corrected chi connectivity index (χ3v) is 3.37. The number of benzene rings is 1. The third-order valence-electron chi connectivity index (χ3n) is 3.37. The Labute approximate surface area is 119 Å². The molecule has 1 N–H and O–H groups in total. The molecule has 1 aromatic rings. The van der Waals surface area contributed by atoms with Crippen molar-refractivity contribution in [3.05, 3.63) is 48.0 Å². The van der Waals surface area contributed by atoms with Crippen LogP contribution in [0.25, 0.3) is 0 Å². The fourth-order valence-electron chi connectivity index (χ4n) is 2.31. The van der Waals surface area contributed by atoms with E-state index >= 15 is 0 Å². The highest BCUT2D eigenvalue weighted by molar-refractivity contribution is 5.19. The smallest absolute Gasteiger partial charge is 0.00202 e. The molecule has 0 aliphatic carbocycles. The summed E-state index contributed by atoms with van der Waals surface area (Å²) < 4.78 is 0. The highest BCUT2D eigenvalue weighted by Gasteiger charge is 2.10. The maximum absolute atomic E-state index is 3.99. The molecule has 0 bridgehead atoms. The van der Waals surface area contributed by atoms with Crippen LogP contribution < -0.4 is 5.32 Å². The van der Waals surface area contributed by atoms with Crippen molar-refractivity contribution in [3.8, 4) is 0 Å². The first-order chi connectivity index (χ1) is 9.09. The Kier molecular flexibility index (Phi) is 7.50. The topological polar surface area (TPSA) is 12.0 Å². The molecule has 1 nitrogen and oxygen atoms in total. The molecule has 1 unspecified atom stereocenters. The Balaban J connectivity index is 2.50. The lowest BCUT2D eigenvalue weighted by Gasteiger charge is -2.19. The van der Waals surface area contributed by atoms with Gasteiger partial charge in [-0.05, 0) is 50.1 Å². The van der Waals surface area contributed by atoms with Crippen LogP contribution in [0.2, 0.25) is 0 Å². The van der Waals surface area contributed by atoms with E-state index in [2.05, 4.69) is 63.0 Å². The molecule has 0 radical (unpaired) electrons. The van der Waals surface area contributed by atoms with E-state index in [1.807, 2.05) is 0 Å². The molecular weight excluding hydrogens is 230 g/mol. The van der Waals surface area contributed by atoms with Gasteiger partial charge in [0.1, 0.15) is 0 Å². The van der Waals surface area contributed by atoms with Gasteiger partial charge in [0.25, 0.3) is 0 Å². The Morgan fingerprint density at radius 1 is 1.16 bits per heavy atom. The first kappa shape index (κ1) is 16.0. The SMILES string of the molecule is C=C(C)CCCC(CNCC(C)C)c1ccccc1. The van der Waals surface area contributed by atoms with Gasteiger partial charge in [-0.25, -0.2) is 0 Å². The summed E-state index contributed by atoms with van der Waals surface area (Å²) >= 11 is 0. The molecule has 0 heterocycles. The summed E-state index contributed by atoms with van der Waals surface area (Å²) in [5.41, 5.74) is 2.75. The quantitative estimate of drug-likeness (QED) is 0.630. The maximum Gasteiger partial charge on any atom is 0.00202 e. The van der Waals surface area contributed by atoms with Crippen molar-refractivity contribution in [2.24, 2.45) is 5.92 Å². The molecule has 0 spiro atoms. The number of hydrogen-bond donors (Lipinski definition) is 1. The Morgan fingerprint density at radius 3 is 2.42 bits per heavy atom. The maximum atomic E-state index is 3.99. The van der Waals surface area contributed by atoms with Crippen LogP contribution in [0.15, 0.2) is 42.5 Å². The van der Waals surface area contributed by atoms with Crippen LogP contribution in [0.1, 0.15) is 51.5 Å². The van der Waals surface area contributed by atoms with Crippen LogP contribution in [0.3, 0.4) is 0 Å². The molecule has 0 aliphatic heterocycles. The Hall–Kier alpha value is -1.08. The van der Waals surface area contributed by atoms with Gasteiger partial charge in [-0.1, -0.05) is 49.8 Å². The molecule has 0 amide bonds. The first-order valence-corrected chi connectivity index (χ1v) is 7.49. The summed E-state index contributed by atoms with van der Waals surface area (Å²) in [7, 11) is 0. The zero-order valence-corrected chi connectivity index (χ0v) is 12.8. The van der Waals surface area contributed by atoms with Crippen molar-refractivity contribution >= 4 is 0 Å². The van der Waals surface area contributed by atoms with Gasteiger partial charge < -0.3 is 5.32 Å². The van der Waals surface area contributed by atoms with Crippen molar-refractivity contribution in [2.75, 3.05) is 13.1 Å². The summed E-state index contributed by atoms with van der Waals surface area (Å²) in [5.74, 6) is 1.34. The van der Waals surface area contributed by atoms with Crippen LogP contribution in [-0.4, -0.2) is 13.1 Å². The standard InChI is InChI=1S/C18H29N/c1-15(2)9-8-12-18(14-19-13-16(3)4)17-10-6-5-7-11-17/h5-7,10-11,16,18-19H,1,8-9,12-14H2,2-4H3. The Morgan fingerprint density at radius 2 is 1.84 bits per heavy atom. The van der Waals surface area contributed by atoms with E-state index in [1.54, 1.807) is 0 Å². The number of hydrogen-bond acceptors (Lipinski definition) is 1. The lowest BCUT2D eigenvalue weighted by atomic mass is 9.92. The van der Waals surface area contributed by atoms with Crippen LogP contribution >= 0.6 is 0 Å². The van der Waals surface area contributed by atoms with Gasteiger partial charge in [0.05, 0.1) is 0 Å². The third kappa shape index (κ3) is 7.17. The molecule has 1 atom stereocenters. The fourth-order valence-corrected chi connectivity index (χ4v) is 2.31. The molecule has 19 heavy (non-hydrogen) atoms. The van der Waals surface area contributed by atoms with Crippen LogP contribution in [0.4, 0.5) is 0 Å². The van der Waals surface area contributed by atoms with E-state index in [1.165, 1.54) is 24.0 Å². The van der Waals surface area contributed by atoms with Crippen molar-refractivity contribution in [1.82, 2.24) is 5.32 Å². The van der Waals surface area contributed by atoms with E-state index in [4.69, 9.17) is 0 Å². The average Bonchev–Trinajstić information content (AvgIpc) is 2.37. The summed E-state index contributed by atoms with van der Waals surface area (Å²) in [5, 5.41) is 3.60. The molecule has 0 aromatic heterocycles. The molecule has 1 aromatic carbocycles. The minimum absolute atomic E-state index is 0.624. The normalized spacial score (nSPS) is 12.6. The van der Waals surface area contributed by atoms with Crippen LogP contribution in [0, 0.1) is 5.92 Å². The summed E-state index contributed by atoms with van der Waals surface area (Å²) in [6.45, 7) is 12.8. The monoisotopic (exact) mass is 259 g/mol. The molecule has 0 fully saturated rings. The van der Waals surface area contributed by atoms with E-state index in [0.717, 1.165) is 19.5 Å². The van der Waals surface area contributed by atoms with E-state index in [9.17, 15) is 0 Å².